The lowest BCUT2D eigenvalue weighted by Gasteiger charge is -2.04. The first-order chi connectivity index (χ1) is 10.0. The molecule has 108 valence electrons. The van der Waals surface area contributed by atoms with Gasteiger partial charge in [0.05, 0.1) is 17.2 Å². The molecule has 4 heteroatoms. The van der Waals surface area contributed by atoms with Gasteiger partial charge in [0.25, 0.3) is 0 Å². The lowest BCUT2D eigenvalue weighted by molar-refractivity contribution is 0.104. The van der Waals surface area contributed by atoms with E-state index in [1.807, 2.05) is 31.2 Å². The summed E-state index contributed by atoms with van der Waals surface area (Å²) in [5.74, 6) is 0.667. The van der Waals surface area contributed by atoms with Crippen molar-refractivity contribution in [2.75, 3.05) is 7.11 Å². The molecule has 0 aliphatic heterocycles. The van der Waals surface area contributed by atoms with Crippen LogP contribution in [0.25, 0.3) is 6.08 Å². The number of carbonyl (C=O) groups is 1. The van der Waals surface area contributed by atoms with Gasteiger partial charge in [0.15, 0.2) is 5.78 Å². The molecule has 2 aromatic carbocycles. The van der Waals surface area contributed by atoms with Crippen LogP contribution >= 0.6 is 23.2 Å². The molecule has 2 nitrogen and oxygen atoms in total. The molecular weight excluding hydrogens is 307 g/mol. The average Bonchev–Trinajstić information content (AvgIpc) is 2.49. The molecule has 0 fully saturated rings. The van der Waals surface area contributed by atoms with Crippen molar-refractivity contribution in [1.82, 2.24) is 0 Å². The second-order valence-corrected chi connectivity index (χ2v) is 5.37. The highest BCUT2D eigenvalue weighted by Gasteiger charge is 2.09. The molecule has 21 heavy (non-hydrogen) atoms. The van der Waals surface area contributed by atoms with E-state index in [4.69, 9.17) is 27.9 Å². The van der Waals surface area contributed by atoms with Gasteiger partial charge < -0.3 is 4.74 Å². The minimum atomic E-state index is -0.109. The van der Waals surface area contributed by atoms with E-state index in [9.17, 15) is 4.79 Å². The third kappa shape index (κ3) is 3.87. The fraction of sp³-hybridized carbons (Fsp3) is 0.118. The zero-order valence-electron chi connectivity index (χ0n) is 11.7. The Morgan fingerprint density at radius 2 is 1.71 bits per heavy atom. The molecule has 0 radical (unpaired) electrons. The Morgan fingerprint density at radius 1 is 1.10 bits per heavy atom. The average molecular weight is 321 g/mol. The van der Waals surface area contributed by atoms with E-state index in [0.29, 0.717) is 15.6 Å². The van der Waals surface area contributed by atoms with Gasteiger partial charge in [-0.2, -0.15) is 0 Å². The molecule has 0 bridgehead atoms. The number of hydrogen-bond acceptors (Lipinski definition) is 2. The Balaban J connectivity index is 2.20. The Hall–Kier alpha value is -1.77. The van der Waals surface area contributed by atoms with Crippen molar-refractivity contribution in [3.63, 3.8) is 0 Å². The lowest BCUT2D eigenvalue weighted by atomic mass is 10.0. The highest BCUT2D eigenvalue weighted by molar-refractivity contribution is 6.42. The zero-order chi connectivity index (χ0) is 15.4. The number of ether oxygens (including phenoxy) is 1. The van der Waals surface area contributed by atoms with E-state index in [1.165, 1.54) is 6.08 Å². The van der Waals surface area contributed by atoms with Crippen LogP contribution < -0.4 is 4.74 Å². The Bertz CT molecular complexity index is 689. The summed E-state index contributed by atoms with van der Waals surface area (Å²) in [6, 6.07) is 10.7. The smallest absolute Gasteiger partial charge is 0.186 e. The summed E-state index contributed by atoms with van der Waals surface area (Å²) in [5, 5.41) is 0.827. The molecule has 0 aliphatic carbocycles. The summed E-state index contributed by atoms with van der Waals surface area (Å²) in [6.07, 6.45) is 3.28. The van der Waals surface area contributed by atoms with Crippen LogP contribution in [0, 0.1) is 6.92 Å². The number of hydrogen-bond donors (Lipinski definition) is 0. The number of halogens is 2. The summed E-state index contributed by atoms with van der Waals surface area (Å²) in [7, 11) is 1.61. The predicted molar refractivity (Wildman–Crippen MR) is 87.6 cm³/mol. The lowest BCUT2D eigenvalue weighted by Crippen LogP contribution is -1.98. The molecule has 0 N–H and O–H groups in total. The van der Waals surface area contributed by atoms with E-state index in [1.54, 1.807) is 25.3 Å². The van der Waals surface area contributed by atoms with Gasteiger partial charge >= 0.3 is 0 Å². The van der Waals surface area contributed by atoms with Crippen molar-refractivity contribution in [2.24, 2.45) is 0 Å². The standard InChI is InChI=1S/C17H14Cl2O2/c1-11-9-15(18)16(19)10-14(11)17(20)8-5-12-3-6-13(21-2)7-4-12/h3-10H,1-2H3. The molecule has 0 unspecified atom stereocenters. The second kappa shape index (κ2) is 6.79. The van der Waals surface area contributed by atoms with Crippen molar-refractivity contribution < 1.29 is 9.53 Å². The van der Waals surface area contributed by atoms with Gasteiger partial charge in [-0.1, -0.05) is 41.4 Å². The van der Waals surface area contributed by atoms with Gasteiger partial charge in [-0.25, -0.2) is 0 Å². The topological polar surface area (TPSA) is 26.3 Å². The zero-order valence-corrected chi connectivity index (χ0v) is 13.2. The van der Waals surface area contributed by atoms with Crippen LogP contribution in [0.3, 0.4) is 0 Å². The van der Waals surface area contributed by atoms with Gasteiger partial charge in [0.1, 0.15) is 5.75 Å². The Kier molecular flexibility index (Phi) is 5.05. The summed E-state index contributed by atoms with van der Waals surface area (Å²) in [6.45, 7) is 1.83. The molecular formula is C17H14Cl2O2. The SMILES string of the molecule is COc1ccc(C=CC(=O)c2cc(Cl)c(Cl)cc2C)cc1. The van der Waals surface area contributed by atoms with E-state index in [-0.39, 0.29) is 5.78 Å². The third-order valence-corrected chi connectivity index (χ3v) is 3.80. The van der Waals surface area contributed by atoms with Gasteiger partial charge in [-0.3, -0.25) is 4.79 Å². The first kappa shape index (κ1) is 15.6. The number of carbonyl (C=O) groups excluding carboxylic acids is 1. The molecule has 0 amide bonds. The first-order valence-corrected chi connectivity index (χ1v) is 7.09. The number of ketones is 1. The van der Waals surface area contributed by atoms with Crippen molar-refractivity contribution in [3.8, 4) is 5.75 Å². The van der Waals surface area contributed by atoms with E-state index < -0.39 is 0 Å². The third-order valence-electron chi connectivity index (χ3n) is 3.08. The Labute approximate surface area is 134 Å². The summed E-state index contributed by atoms with van der Waals surface area (Å²) in [5.41, 5.74) is 2.27. The van der Waals surface area contributed by atoms with E-state index in [0.717, 1.165) is 16.9 Å². The minimum absolute atomic E-state index is 0.109. The van der Waals surface area contributed by atoms with Crippen LogP contribution in [0.4, 0.5) is 0 Å². The van der Waals surface area contributed by atoms with Crippen molar-refractivity contribution in [3.05, 3.63) is 69.2 Å². The highest BCUT2D eigenvalue weighted by Crippen LogP contribution is 2.26. The molecule has 0 aromatic heterocycles. The Morgan fingerprint density at radius 3 is 2.33 bits per heavy atom. The van der Waals surface area contributed by atoms with Gasteiger partial charge in [0, 0.05) is 5.56 Å². The van der Waals surface area contributed by atoms with Crippen LogP contribution in [0.5, 0.6) is 5.75 Å². The fourth-order valence-electron chi connectivity index (χ4n) is 1.89. The minimum Gasteiger partial charge on any atom is -0.497 e. The molecule has 2 rings (SSSR count). The number of rotatable bonds is 4. The van der Waals surface area contributed by atoms with Crippen LogP contribution in [0.1, 0.15) is 21.5 Å². The van der Waals surface area contributed by atoms with Crippen molar-refractivity contribution in [2.45, 2.75) is 6.92 Å². The number of methoxy groups -OCH3 is 1. The molecule has 0 spiro atoms. The maximum Gasteiger partial charge on any atom is 0.186 e. The van der Waals surface area contributed by atoms with Crippen LogP contribution in [0.2, 0.25) is 10.0 Å². The number of aryl methyl sites for hydroxylation is 1. The first-order valence-electron chi connectivity index (χ1n) is 6.33. The van der Waals surface area contributed by atoms with E-state index >= 15 is 0 Å². The quantitative estimate of drug-likeness (QED) is 0.571. The van der Waals surface area contributed by atoms with E-state index in [2.05, 4.69) is 0 Å². The molecule has 0 saturated heterocycles. The van der Waals surface area contributed by atoms with Crippen molar-refractivity contribution >= 4 is 35.1 Å². The number of allylic oxidation sites excluding steroid dienone is 1. The summed E-state index contributed by atoms with van der Waals surface area (Å²) in [4.78, 5) is 12.2. The number of benzene rings is 2. The monoisotopic (exact) mass is 320 g/mol. The van der Waals surface area contributed by atoms with Gasteiger partial charge in [0.2, 0.25) is 0 Å². The largest absolute Gasteiger partial charge is 0.497 e. The van der Waals surface area contributed by atoms with Gasteiger partial charge in [-0.05, 0) is 48.4 Å². The summed E-state index contributed by atoms with van der Waals surface area (Å²) < 4.78 is 5.09. The van der Waals surface area contributed by atoms with Gasteiger partial charge in [-0.15, -0.1) is 0 Å². The molecule has 0 saturated carbocycles. The molecule has 2 aromatic rings. The van der Waals surface area contributed by atoms with Crippen LogP contribution in [-0.2, 0) is 0 Å². The van der Waals surface area contributed by atoms with Crippen molar-refractivity contribution in [1.29, 1.82) is 0 Å². The fourth-order valence-corrected chi connectivity index (χ4v) is 2.27. The van der Waals surface area contributed by atoms with Crippen LogP contribution in [0.15, 0.2) is 42.5 Å². The second-order valence-electron chi connectivity index (χ2n) is 4.55. The molecule has 0 heterocycles. The molecule has 0 atom stereocenters. The van der Waals surface area contributed by atoms with Crippen LogP contribution in [-0.4, -0.2) is 12.9 Å². The normalized spacial score (nSPS) is 10.9. The maximum atomic E-state index is 12.2. The maximum absolute atomic E-state index is 12.2. The molecule has 0 aliphatic rings. The predicted octanol–water partition coefficient (Wildman–Crippen LogP) is 5.21. The highest BCUT2D eigenvalue weighted by atomic mass is 35.5. The summed E-state index contributed by atoms with van der Waals surface area (Å²) >= 11 is 11.9.